The number of hydrogen-bond donors (Lipinski definition) is 1. The van der Waals surface area contributed by atoms with Crippen LogP contribution in [0.2, 0.25) is 0 Å². The van der Waals surface area contributed by atoms with E-state index in [1.165, 1.54) is 0 Å². The normalized spacial score (nSPS) is 17.6. The summed E-state index contributed by atoms with van der Waals surface area (Å²) in [6.07, 6.45) is 1.33. The Bertz CT molecular complexity index is 923. The van der Waals surface area contributed by atoms with Gasteiger partial charge in [0.2, 0.25) is 5.91 Å². The number of nitrogens with zero attached hydrogens (tertiary/aromatic N) is 2. The van der Waals surface area contributed by atoms with Gasteiger partial charge in [0, 0.05) is 20.1 Å². The van der Waals surface area contributed by atoms with E-state index in [0.29, 0.717) is 6.54 Å². The van der Waals surface area contributed by atoms with E-state index in [-0.39, 0.29) is 17.9 Å². The summed E-state index contributed by atoms with van der Waals surface area (Å²) in [4.78, 5) is 17.9. The number of amides is 1. The second kappa shape index (κ2) is 9.90. The van der Waals surface area contributed by atoms with E-state index in [0.717, 1.165) is 36.1 Å². The zero-order valence-electron chi connectivity index (χ0n) is 18.0. The Hall–Kier alpha value is -2.95. The number of carbonyl (C=O) groups is 1. The molecule has 1 fully saturated rings. The fourth-order valence-corrected chi connectivity index (χ4v) is 4.50. The first-order valence-corrected chi connectivity index (χ1v) is 11.0. The molecule has 1 saturated heterocycles. The monoisotopic (exact) mass is 414 g/mol. The smallest absolute Gasteiger partial charge is 0.234 e. The number of likely N-dealkylation sites (N-methyl/N-ethyl adjacent to an activating group) is 1. The number of aliphatic hydroxyl groups excluding tert-OH is 1. The number of carbonyl (C=O) groups excluding carboxylic acids is 1. The second-order valence-corrected chi connectivity index (χ2v) is 8.25. The van der Waals surface area contributed by atoms with E-state index in [4.69, 9.17) is 0 Å². The molecule has 0 bridgehead atoms. The van der Waals surface area contributed by atoms with Crippen molar-refractivity contribution in [3.8, 4) is 0 Å². The van der Waals surface area contributed by atoms with Crippen molar-refractivity contribution in [2.45, 2.75) is 31.0 Å². The van der Waals surface area contributed by atoms with Crippen LogP contribution in [-0.2, 0) is 4.79 Å². The summed E-state index contributed by atoms with van der Waals surface area (Å²) < 4.78 is 0. The molecular weight excluding hydrogens is 384 g/mol. The van der Waals surface area contributed by atoms with Gasteiger partial charge in [0.25, 0.3) is 0 Å². The summed E-state index contributed by atoms with van der Waals surface area (Å²) in [6, 6.07) is 29.9. The molecule has 4 rings (SSSR count). The van der Waals surface area contributed by atoms with Crippen molar-refractivity contribution in [1.82, 2.24) is 9.80 Å². The minimum Gasteiger partial charge on any atom is -0.378 e. The first-order valence-electron chi connectivity index (χ1n) is 11.0. The summed E-state index contributed by atoms with van der Waals surface area (Å²) in [5.41, 5.74) is 3.05. The van der Waals surface area contributed by atoms with Gasteiger partial charge in [-0.25, -0.2) is 0 Å². The molecule has 0 radical (unpaired) electrons. The maximum atomic E-state index is 14.0. The Balaban J connectivity index is 1.68. The second-order valence-electron chi connectivity index (χ2n) is 8.25. The van der Waals surface area contributed by atoms with Crippen LogP contribution in [0.4, 0.5) is 0 Å². The van der Waals surface area contributed by atoms with Gasteiger partial charge < -0.3 is 10.0 Å². The molecule has 3 aromatic rings. The number of aliphatic hydroxyl groups is 1. The molecule has 4 nitrogen and oxygen atoms in total. The van der Waals surface area contributed by atoms with Crippen molar-refractivity contribution in [2.24, 2.45) is 0 Å². The third-order valence-electron chi connectivity index (χ3n) is 6.25. The van der Waals surface area contributed by atoms with Crippen LogP contribution in [0.1, 0.15) is 41.5 Å². The Morgan fingerprint density at radius 2 is 1.39 bits per heavy atom. The lowest BCUT2D eigenvalue weighted by Crippen LogP contribution is -2.42. The number of benzene rings is 3. The highest BCUT2D eigenvalue weighted by Gasteiger charge is 2.33. The van der Waals surface area contributed by atoms with Gasteiger partial charge in [0.05, 0.1) is 12.0 Å². The van der Waals surface area contributed by atoms with Crippen LogP contribution in [0.3, 0.4) is 0 Å². The summed E-state index contributed by atoms with van der Waals surface area (Å²) in [5.74, 6) is -0.318. The van der Waals surface area contributed by atoms with Crippen molar-refractivity contribution >= 4 is 5.91 Å². The predicted octanol–water partition coefficient (Wildman–Crippen LogP) is 4.43. The lowest BCUT2D eigenvalue weighted by Gasteiger charge is -2.35. The van der Waals surface area contributed by atoms with E-state index in [9.17, 15) is 9.90 Å². The van der Waals surface area contributed by atoms with Crippen LogP contribution in [0, 0.1) is 0 Å². The molecule has 31 heavy (non-hydrogen) atoms. The standard InChI is InChI=1S/C27H30N2O2/c1-28(24(21-12-5-2-6-13-21)20-29-19-11-18-25(29)30)27(31)26(22-14-7-3-8-15-22)23-16-9-4-10-17-23/h2-10,12-17,24-26,30H,11,18-20H2,1H3/t24-,25?/m1/s1. The number of likely N-dealkylation sites (tertiary alicyclic amines) is 1. The highest BCUT2D eigenvalue weighted by molar-refractivity contribution is 5.87. The molecule has 1 aliphatic rings. The van der Waals surface area contributed by atoms with Crippen molar-refractivity contribution in [3.05, 3.63) is 108 Å². The van der Waals surface area contributed by atoms with Gasteiger partial charge in [0.15, 0.2) is 0 Å². The van der Waals surface area contributed by atoms with Crippen molar-refractivity contribution in [1.29, 1.82) is 0 Å². The zero-order chi connectivity index (χ0) is 21.6. The Labute approximate surface area is 184 Å². The molecule has 0 spiro atoms. The van der Waals surface area contributed by atoms with Crippen LogP contribution in [0.5, 0.6) is 0 Å². The molecule has 2 atom stereocenters. The van der Waals surface area contributed by atoms with E-state index in [2.05, 4.69) is 17.0 Å². The Morgan fingerprint density at radius 1 is 0.903 bits per heavy atom. The molecule has 0 aromatic heterocycles. The van der Waals surface area contributed by atoms with Gasteiger partial charge in [-0.3, -0.25) is 9.69 Å². The van der Waals surface area contributed by atoms with Crippen LogP contribution < -0.4 is 0 Å². The predicted molar refractivity (Wildman–Crippen MR) is 123 cm³/mol. The first-order chi connectivity index (χ1) is 15.1. The first kappa shape index (κ1) is 21.3. The number of rotatable bonds is 7. The SMILES string of the molecule is CN(C(=O)C(c1ccccc1)c1ccccc1)[C@H](CN1CCCC1O)c1ccccc1. The lowest BCUT2D eigenvalue weighted by molar-refractivity contribution is -0.133. The largest absolute Gasteiger partial charge is 0.378 e. The molecule has 160 valence electrons. The molecule has 0 saturated carbocycles. The van der Waals surface area contributed by atoms with Crippen LogP contribution in [-0.4, -0.2) is 47.2 Å². The van der Waals surface area contributed by atoms with E-state index in [1.807, 2.05) is 90.8 Å². The highest BCUT2D eigenvalue weighted by Crippen LogP contribution is 2.31. The molecule has 1 heterocycles. The molecule has 4 heteroatoms. The topological polar surface area (TPSA) is 43.8 Å². The molecule has 1 amide bonds. The molecule has 1 aliphatic heterocycles. The molecule has 0 aliphatic carbocycles. The summed E-state index contributed by atoms with van der Waals surface area (Å²) in [6.45, 7) is 1.47. The molecule has 1 N–H and O–H groups in total. The summed E-state index contributed by atoms with van der Waals surface area (Å²) >= 11 is 0. The highest BCUT2D eigenvalue weighted by atomic mass is 16.3. The zero-order valence-corrected chi connectivity index (χ0v) is 18.0. The van der Waals surface area contributed by atoms with E-state index in [1.54, 1.807) is 0 Å². The van der Waals surface area contributed by atoms with E-state index < -0.39 is 6.23 Å². The third kappa shape index (κ3) is 4.87. The Kier molecular flexibility index (Phi) is 6.80. The minimum atomic E-state index is -0.436. The fourth-order valence-electron chi connectivity index (χ4n) is 4.50. The molecule has 1 unspecified atom stereocenters. The van der Waals surface area contributed by atoms with Gasteiger partial charge in [0.1, 0.15) is 6.23 Å². The Morgan fingerprint density at radius 3 is 1.84 bits per heavy atom. The van der Waals surface area contributed by atoms with Gasteiger partial charge in [-0.05, 0) is 29.5 Å². The maximum absolute atomic E-state index is 14.0. The van der Waals surface area contributed by atoms with Gasteiger partial charge in [-0.2, -0.15) is 0 Å². The average Bonchev–Trinajstić information content (AvgIpc) is 3.23. The van der Waals surface area contributed by atoms with Crippen molar-refractivity contribution < 1.29 is 9.90 Å². The van der Waals surface area contributed by atoms with Crippen LogP contribution in [0.25, 0.3) is 0 Å². The lowest BCUT2D eigenvalue weighted by atomic mass is 9.89. The summed E-state index contributed by atoms with van der Waals surface area (Å²) in [5, 5.41) is 10.4. The quantitative estimate of drug-likeness (QED) is 0.622. The fraction of sp³-hybridized carbons (Fsp3) is 0.296. The number of hydrogen-bond acceptors (Lipinski definition) is 3. The van der Waals surface area contributed by atoms with Gasteiger partial charge in [-0.15, -0.1) is 0 Å². The van der Waals surface area contributed by atoms with Crippen molar-refractivity contribution in [2.75, 3.05) is 20.1 Å². The van der Waals surface area contributed by atoms with E-state index >= 15 is 0 Å². The van der Waals surface area contributed by atoms with Crippen molar-refractivity contribution in [3.63, 3.8) is 0 Å². The molecular formula is C27H30N2O2. The van der Waals surface area contributed by atoms with Crippen LogP contribution in [0.15, 0.2) is 91.0 Å². The molecule has 3 aromatic carbocycles. The van der Waals surface area contributed by atoms with Gasteiger partial charge >= 0.3 is 0 Å². The maximum Gasteiger partial charge on any atom is 0.234 e. The third-order valence-corrected chi connectivity index (χ3v) is 6.25. The minimum absolute atomic E-state index is 0.0555. The van der Waals surface area contributed by atoms with Gasteiger partial charge in [-0.1, -0.05) is 91.0 Å². The average molecular weight is 415 g/mol. The summed E-state index contributed by atoms with van der Waals surface area (Å²) in [7, 11) is 1.89. The van der Waals surface area contributed by atoms with Crippen LogP contribution >= 0.6 is 0 Å².